The molecule has 106 valence electrons. The van der Waals surface area contributed by atoms with Crippen molar-refractivity contribution >= 4 is 21.7 Å². The van der Waals surface area contributed by atoms with Crippen molar-refractivity contribution in [2.75, 3.05) is 25.1 Å². The molecule has 1 aliphatic heterocycles. The third kappa shape index (κ3) is 3.87. The van der Waals surface area contributed by atoms with E-state index in [1.54, 1.807) is 0 Å². The van der Waals surface area contributed by atoms with Crippen molar-refractivity contribution in [3.8, 4) is 0 Å². The Bertz CT molecular complexity index is 454. The molecule has 0 bridgehead atoms. The summed E-state index contributed by atoms with van der Waals surface area (Å²) in [6, 6.07) is 1.81. The van der Waals surface area contributed by atoms with Crippen LogP contribution in [-0.4, -0.2) is 40.4 Å². The molecule has 1 fully saturated rings. The highest BCUT2D eigenvalue weighted by Gasteiger charge is 2.32. The van der Waals surface area contributed by atoms with Gasteiger partial charge in [0.05, 0.1) is 6.61 Å². The quantitative estimate of drug-likeness (QED) is 0.831. The number of ether oxygens (including phenoxy) is 1. The van der Waals surface area contributed by atoms with Crippen LogP contribution in [-0.2, 0) is 10.2 Å². The van der Waals surface area contributed by atoms with E-state index < -0.39 is 5.60 Å². The lowest BCUT2D eigenvalue weighted by molar-refractivity contribution is 0.0381. The van der Waals surface area contributed by atoms with Crippen LogP contribution in [0, 0.1) is 0 Å². The lowest BCUT2D eigenvalue weighted by Crippen LogP contribution is -2.37. The minimum absolute atomic E-state index is 0.117. The van der Waals surface area contributed by atoms with Crippen LogP contribution in [0.2, 0.25) is 0 Å². The number of aromatic nitrogens is 2. The van der Waals surface area contributed by atoms with Crippen LogP contribution in [0.4, 0.5) is 5.82 Å². The van der Waals surface area contributed by atoms with Crippen molar-refractivity contribution < 1.29 is 9.84 Å². The van der Waals surface area contributed by atoms with Gasteiger partial charge >= 0.3 is 0 Å². The third-order valence-electron chi connectivity index (χ3n) is 3.05. The molecule has 2 rings (SSSR count). The molecule has 19 heavy (non-hydrogen) atoms. The molecule has 5 nitrogen and oxygen atoms in total. The van der Waals surface area contributed by atoms with Gasteiger partial charge in [-0.05, 0) is 15.9 Å². The SMILES string of the molecule is CC(C)(C)c1nc(Br)cc(NCC2(O)CCOC2)n1. The highest BCUT2D eigenvalue weighted by atomic mass is 79.9. The van der Waals surface area contributed by atoms with E-state index in [0.29, 0.717) is 32.0 Å². The topological polar surface area (TPSA) is 67.3 Å². The Labute approximate surface area is 121 Å². The number of nitrogens with one attached hydrogen (secondary N) is 1. The zero-order valence-electron chi connectivity index (χ0n) is 11.5. The van der Waals surface area contributed by atoms with Crippen LogP contribution in [0.15, 0.2) is 10.7 Å². The van der Waals surface area contributed by atoms with Crippen molar-refractivity contribution in [3.63, 3.8) is 0 Å². The molecule has 6 heteroatoms. The van der Waals surface area contributed by atoms with Crippen LogP contribution < -0.4 is 5.32 Å². The Morgan fingerprint density at radius 3 is 2.79 bits per heavy atom. The molecule has 0 saturated carbocycles. The zero-order valence-corrected chi connectivity index (χ0v) is 13.1. The second-order valence-corrected chi connectivity index (χ2v) is 6.84. The van der Waals surface area contributed by atoms with Crippen LogP contribution in [0.3, 0.4) is 0 Å². The summed E-state index contributed by atoms with van der Waals surface area (Å²) < 4.78 is 5.96. The molecule has 2 heterocycles. The Kier molecular flexibility index (Phi) is 4.13. The predicted octanol–water partition coefficient (Wildman–Crippen LogP) is 2.10. The van der Waals surface area contributed by atoms with E-state index in [4.69, 9.17) is 4.74 Å². The van der Waals surface area contributed by atoms with Crippen molar-refractivity contribution in [1.29, 1.82) is 0 Å². The number of hydrogen-bond donors (Lipinski definition) is 2. The van der Waals surface area contributed by atoms with E-state index in [1.807, 2.05) is 6.07 Å². The second kappa shape index (κ2) is 5.34. The van der Waals surface area contributed by atoms with Gasteiger partial charge in [0, 0.05) is 31.1 Å². The molecular weight excluding hydrogens is 310 g/mol. The fourth-order valence-corrected chi connectivity index (χ4v) is 2.22. The smallest absolute Gasteiger partial charge is 0.137 e. The monoisotopic (exact) mass is 329 g/mol. The lowest BCUT2D eigenvalue weighted by atomic mass is 9.96. The molecule has 1 aromatic rings. The van der Waals surface area contributed by atoms with Crippen molar-refractivity contribution in [3.05, 3.63) is 16.5 Å². The number of rotatable bonds is 3. The van der Waals surface area contributed by atoms with E-state index in [1.165, 1.54) is 0 Å². The van der Waals surface area contributed by atoms with Gasteiger partial charge in [0.15, 0.2) is 0 Å². The minimum Gasteiger partial charge on any atom is -0.386 e. The van der Waals surface area contributed by atoms with Crippen molar-refractivity contribution in [2.45, 2.75) is 38.2 Å². The summed E-state index contributed by atoms with van der Waals surface area (Å²) in [6.07, 6.45) is 0.651. The number of aliphatic hydroxyl groups is 1. The maximum absolute atomic E-state index is 10.2. The number of hydrogen-bond acceptors (Lipinski definition) is 5. The van der Waals surface area contributed by atoms with Gasteiger partial charge in [-0.3, -0.25) is 0 Å². The molecule has 0 aliphatic carbocycles. The van der Waals surface area contributed by atoms with E-state index in [-0.39, 0.29) is 5.41 Å². The molecule has 1 saturated heterocycles. The summed E-state index contributed by atoms with van der Waals surface area (Å²) in [5, 5.41) is 13.4. The molecule has 0 aromatic carbocycles. The van der Waals surface area contributed by atoms with Crippen LogP contribution in [0.5, 0.6) is 0 Å². The first-order valence-corrected chi connectivity index (χ1v) is 7.17. The standard InChI is InChI=1S/C13H20BrN3O2/c1-12(2,3)11-16-9(14)6-10(17-11)15-7-13(18)4-5-19-8-13/h6,18H,4-5,7-8H2,1-3H3,(H,15,16,17). The first kappa shape index (κ1) is 14.7. The molecular formula is C13H20BrN3O2. The number of nitrogens with zero attached hydrogens (tertiary/aromatic N) is 2. The van der Waals surface area contributed by atoms with Crippen LogP contribution >= 0.6 is 15.9 Å². The average Bonchev–Trinajstić information content (AvgIpc) is 2.72. The fraction of sp³-hybridized carbons (Fsp3) is 0.692. The number of halogens is 1. The zero-order chi connectivity index (χ0) is 14.1. The van der Waals surface area contributed by atoms with Gasteiger partial charge in [-0.1, -0.05) is 20.8 Å². The molecule has 1 aliphatic rings. The molecule has 2 N–H and O–H groups in total. The first-order chi connectivity index (χ1) is 8.78. The van der Waals surface area contributed by atoms with E-state index >= 15 is 0 Å². The molecule has 0 spiro atoms. The summed E-state index contributed by atoms with van der Waals surface area (Å²) in [7, 11) is 0. The van der Waals surface area contributed by atoms with Crippen LogP contribution in [0.25, 0.3) is 0 Å². The van der Waals surface area contributed by atoms with Gasteiger partial charge in [-0.15, -0.1) is 0 Å². The Morgan fingerprint density at radius 2 is 2.21 bits per heavy atom. The highest BCUT2D eigenvalue weighted by Crippen LogP contribution is 2.24. The lowest BCUT2D eigenvalue weighted by Gasteiger charge is -2.22. The predicted molar refractivity (Wildman–Crippen MR) is 77.3 cm³/mol. The van der Waals surface area contributed by atoms with Crippen LogP contribution in [0.1, 0.15) is 33.0 Å². The van der Waals surface area contributed by atoms with E-state index in [9.17, 15) is 5.11 Å². The average molecular weight is 330 g/mol. The number of anilines is 1. The molecule has 0 amide bonds. The molecule has 0 radical (unpaired) electrons. The Hall–Kier alpha value is -0.720. The summed E-state index contributed by atoms with van der Waals surface area (Å²) >= 11 is 3.39. The summed E-state index contributed by atoms with van der Waals surface area (Å²) in [5.41, 5.74) is -0.910. The van der Waals surface area contributed by atoms with Crippen molar-refractivity contribution in [2.24, 2.45) is 0 Å². The maximum Gasteiger partial charge on any atom is 0.137 e. The fourth-order valence-electron chi connectivity index (χ4n) is 1.83. The largest absolute Gasteiger partial charge is 0.386 e. The van der Waals surface area contributed by atoms with Gasteiger partial charge in [0.25, 0.3) is 0 Å². The molecule has 1 aromatic heterocycles. The second-order valence-electron chi connectivity index (χ2n) is 6.03. The minimum atomic E-state index is -0.792. The Balaban J connectivity index is 2.10. The first-order valence-electron chi connectivity index (χ1n) is 6.38. The summed E-state index contributed by atoms with van der Waals surface area (Å²) in [6.45, 7) is 7.61. The van der Waals surface area contributed by atoms with Gasteiger partial charge < -0.3 is 15.2 Å². The summed E-state index contributed by atoms with van der Waals surface area (Å²) in [5.74, 6) is 1.48. The maximum atomic E-state index is 10.2. The third-order valence-corrected chi connectivity index (χ3v) is 3.45. The Morgan fingerprint density at radius 1 is 1.47 bits per heavy atom. The molecule has 1 unspecified atom stereocenters. The van der Waals surface area contributed by atoms with Gasteiger partial charge in [-0.2, -0.15) is 0 Å². The van der Waals surface area contributed by atoms with Crippen molar-refractivity contribution in [1.82, 2.24) is 9.97 Å². The molecule has 1 atom stereocenters. The highest BCUT2D eigenvalue weighted by molar-refractivity contribution is 9.10. The van der Waals surface area contributed by atoms with E-state index in [0.717, 1.165) is 10.4 Å². The normalized spacial score (nSPS) is 23.6. The summed E-state index contributed by atoms with van der Waals surface area (Å²) in [4.78, 5) is 8.87. The van der Waals surface area contributed by atoms with Gasteiger partial charge in [0.1, 0.15) is 21.8 Å². The van der Waals surface area contributed by atoms with E-state index in [2.05, 4.69) is 52.0 Å². The van der Waals surface area contributed by atoms with Gasteiger partial charge in [0.2, 0.25) is 0 Å². The van der Waals surface area contributed by atoms with Gasteiger partial charge in [-0.25, -0.2) is 9.97 Å².